The lowest BCUT2D eigenvalue weighted by Crippen LogP contribution is -2.47. The van der Waals surface area contributed by atoms with Gasteiger partial charge in [0.25, 0.3) is 0 Å². The quantitative estimate of drug-likeness (QED) is 0.634. The first-order valence-electron chi connectivity index (χ1n) is 4.69. The maximum absolute atomic E-state index is 11.1. The largest absolute Gasteiger partial charge is 0.353 e. The number of nitrogens with one attached hydrogen (secondary N) is 1. The Kier molecular flexibility index (Phi) is 2.40. The van der Waals surface area contributed by atoms with Crippen LogP contribution in [0.2, 0.25) is 0 Å². The molecule has 3 atom stereocenters. The summed E-state index contributed by atoms with van der Waals surface area (Å²) in [4.78, 5) is 11.8. The highest BCUT2D eigenvalue weighted by molar-refractivity contribution is 9.09. The summed E-state index contributed by atoms with van der Waals surface area (Å²) in [5, 5.41) is 3.08. The van der Waals surface area contributed by atoms with Gasteiger partial charge in [0.2, 0.25) is 5.91 Å². The number of hydrogen-bond donors (Lipinski definition) is 1. The molecule has 0 radical (unpaired) electrons. The molecule has 2 rings (SSSR count). The van der Waals surface area contributed by atoms with E-state index in [1.165, 1.54) is 12.8 Å². The van der Waals surface area contributed by atoms with Crippen molar-refractivity contribution >= 4 is 21.8 Å². The molecular formula is C9H14BrNO. The Hall–Kier alpha value is -0.0500. The zero-order valence-corrected chi connectivity index (χ0v) is 8.64. The third-order valence-electron chi connectivity index (χ3n) is 3.01. The van der Waals surface area contributed by atoms with Gasteiger partial charge >= 0.3 is 0 Å². The van der Waals surface area contributed by atoms with Crippen LogP contribution in [0, 0.1) is 5.92 Å². The van der Waals surface area contributed by atoms with Crippen LogP contribution in [0.4, 0.5) is 0 Å². The van der Waals surface area contributed by atoms with Crippen molar-refractivity contribution in [1.29, 1.82) is 0 Å². The van der Waals surface area contributed by atoms with Gasteiger partial charge < -0.3 is 5.32 Å². The Morgan fingerprint density at radius 3 is 3.00 bits per heavy atom. The Balaban J connectivity index is 1.98. The number of halogens is 1. The standard InChI is InChI=1S/C9H14BrNO/c10-7-2-3-8-6(5-7)1-4-9(12)11-8/h6-8H,1-5H2,(H,11,12). The molecule has 3 heteroatoms. The highest BCUT2D eigenvalue weighted by atomic mass is 79.9. The summed E-state index contributed by atoms with van der Waals surface area (Å²) in [6.45, 7) is 0. The molecule has 2 aliphatic rings. The van der Waals surface area contributed by atoms with Gasteiger partial charge in [0, 0.05) is 17.3 Å². The van der Waals surface area contributed by atoms with E-state index in [4.69, 9.17) is 0 Å². The molecule has 0 aromatic heterocycles. The van der Waals surface area contributed by atoms with Crippen molar-refractivity contribution in [1.82, 2.24) is 5.32 Å². The average Bonchev–Trinajstić information content (AvgIpc) is 2.05. The van der Waals surface area contributed by atoms with Crippen LogP contribution in [-0.2, 0) is 4.79 Å². The fourth-order valence-corrected chi connectivity index (χ4v) is 3.06. The monoisotopic (exact) mass is 231 g/mol. The first kappa shape index (κ1) is 8.54. The third kappa shape index (κ3) is 1.65. The Morgan fingerprint density at radius 2 is 2.17 bits per heavy atom. The van der Waals surface area contributed by atoms with Gasteiger partial charge in [-0.15, -0.1) is 0 Å². The molecule has 1 N–H and O–H groups in total. The topological polar surface area (TPSA) is 29.1 Å². The Bertz CT molecular complexity index is 195. The zero-order valence-electron chi connectivity index (χ0n) is 7.05. The van der Waals surface area contributed by atoms with Gasteiger partial charge in [0.05, 0.1) is 0 Å². The van der Waals surface area contributed by atoms with Gasteiger partial charge in [-0.25, -0.2) is 0 Å². The van der Waals surface area contributed by atoms with Crippen LogP contribution in [-0.4, -0.2) is 16.8 Å². The highest BCUT2D eigenvalue weighted by Gasteiger charge is 2.33. The lowest BCUT2D eigenvalue weighted by molar-refractivity contribution is -0.124. The molecule has 2 fully saturated rings. The average molecular weight is 232 g/mol. The van der Waals surface area contributed by atoms with E-state index in [9.17, 15) is 4.79 Å². The number of fused-ring (bicyclic) bond motifs is 1. The van der Waals surface area contributed by atoms with Crippen LogP contribution >= 0.6 is 15.9 Å². The molecule has 1 aliphatic heterocycles. The Morgan fingerprint density at radius 1 is 1.33 bits per heavy atom. The summed E-state index contributed by atoms with van der Waals surface area (Å²) < 4.78 is 0. The van der Waals surface area contributed by atoms with Crippen molar-refractivity contribution in [2.45, 2.75) is 43.0 Å². The molecule has 3 unspecified atom stereocenters. The first-order valence-corrected chi connectivity index (χ1v) is 5.60. The van der Waals surface area contributed by atoms with Crippen molar-refractivity contribution in [3.8, 4) is 0 Å². The van der Waals surface area contributed by atoms with Crippen LogP contribution in [0.1, 0.15) is 32.1 Å². The third-order valence-corrected chi connectivity index (χ3v) is 3.84. The summed E-state index contributed by atoms with van der Waals surface area (Å²) >= 11 is 3.65. The predicted octanol–water partition coefficient (Wildman–Crippen LogP) is 1.83. The van der Waals surface area contributed by atoms with E-state index in [2.05, 4.69) is 21.2 Å². The van der Waals surface area contributed by atoms with Crippen LogP contribution < -0.4 is 5.32 Å². The second-order valence-corrected chi connectivity index (χ2v) is 5.18. The molecule has 0 spiro atoms. The molecule has 1 aliphatic carbocycles. The predicted molar refractivity (Wildman–Crippen MR) is 51.2 cm³/mol. The number of rotatable bonds is 0. The molecule has 68 valence electrons. The summed E-state index contributed by atoms with van der Waals surface area (Å²) in [5.41, 5.74) is 0. The van der Waals surface area contributed by atoms with Gasteiger partial charge in [-0.2, -0.15) is 0 Å². The summed E-state index contributed by atoms with van der Waals surface area (Å²) in [6.07, 6.45) is 5.44. The smallest absolute Gasteiger partial charge is 0.220 e. The van der Waals surface area contributed by atoms with Gasteiger partial charge in [-0.05, 0) is 31.6 Å². The SMILES string of the molecule is O=C1CCC2CC(Br)CCC2N1. The molecule has 0 aromatic carbocycles. The summed E-state index contributed by atoms with van der Waals surface area (Å²) in [5.74, 6) is 0.991. The molecule has 1 saturated carbocycles. The van der Waals surface area contributed by atoms with E-state index in [0.29, 0.717) is 10.9 Å². The normalized spacial score (nSPS) is 41.8. The van der Waals surface area contributed by atoms with Gasteiger partial charge in [0.15, 0.2) is 0 Å². The number of alkyl halides is 1. The van der Waals surface area contributed by atoms with E-state index >= 15 is 0 Å². The van der Waals surface area contributed by atoms with E-state index in [-0.39, 0.29) is 5.91 Å². The summed E-state index contributed by atoms with van der Waals surface area (Å²) in [7, 11) is 0. The van der Waals surface area contributed by atoms with E-state index in [0.717, 1.165) is 25.2 Å². The van der Waals surface area contributed by atoms with E-state index < -0.39 is 0 Å². The van der Waals surface area contributed by atoms with Crippen molar-refractivity contribution in [3.63, 3.8) is 0 Å². The van der Waals surface area contributed by atoms with Crippen LogP contribution in [0.3, 0.4) is 0 Å². The molecule has 2 nitrogen and oxygen atoms in total. The zero-order chi connectivity index (χ0) is 8.55. The van der Waals surface area contributed by atoms with Gasteiger partial charge in [0.1, 0.15) is 0 Å². The number of carbonyl (C=O) groups excluding carboxylic acids is 1. The minimum atomic E-state index is 0.254. The molecular weight excluding hydrogens is 218 g/mol. The molecule has 1 saturated heterocycles. The van der Waals surface area contributed by atoms with Crippen molar-refractivity contribution in [2.75, 3.05) is 0 Å². The van der Waals surface area contributed by atoms with Crippen LogP contribution in [0.25, 0.3) is 0 Å². The van der Waals surface area contributed by atoms with Crippen molar-refractivity contribution in [2.24, 2.45) is 5.92 Å². The molecule has 1 amide bonds. The fraction of sp³-hybridized carbons (Fsp3) is 0.889. The van der Waals surface area contributed by atoms with Crippen molar-refractivity contribution < 1.29 is 4.79 Å². The molecule has 1 heterocycles. The summed E-state index contributed by atoms with van der Waals surface area (Å²) in [6, 6.07) is 0.486. The van der Waals surface area contributed by atoms with Crippen LogP contribution in [0.15, 0.2) is 0 Å². The van der Waals surface area contributed by atoms with Gasteiger partial charge in [-0.1, -0.05) is 15.9 Å². The maximum atomic E-state index is 11.1. The minimum absolute atomic E-state index is 0.254. The van der Waals surface area contributed by atoms with E-state index in [1.807, 2.05) is 0 Å². The second-order valence-electron chi connectivity index (χ2n) is 3.88. The first-order chi connectivity index (χ1) is 5.75. The number of amides is 1. The Labute approximate surface area is 81.2 Å². The highest BCUT2D eigenvalue weighted by Crippen LogP contribution is 2.34. The van der Waals surface area contributed by atoms with Crippen molar-refractivity contribution in [3.05, 3.63) is 0 Å². The lowest BCUT2D eigenvalue weighted by atomic mass is 9.79. The molecule has 0 aromatic rings. The number of piperidine rings is 1. The van der Waals surface area contributed by atoms with Crippen LogP contribution in [0.5, 0.6) is 0 Å². The van der Waals surface area contributed by atoms with E-state index in [1.54, 1.807) is 0 Å². The minimum Gasteiger partial charge on any atom is -0.353 e. The second kappa shape index (κ2) is 3.36. The molecule has 12 heavy (non-hydrogen) atoms. The number of hydrogen-bond acceptors (Lipinski definition) is 1. The maximum Gasteiger partial charge on any atom is 0.220 e. The van der Waals surface area contributed by atoms with Gasteiger partial charge in [-0.3, -0.25) is 4.79 Å². The number of carbonyl (C=O) groups is 1. The lowest BCUT2D eigenvalue weighted by Gasteiger charge is -2.37. The fourth-order valence-electron chi connectivity index (χ4n) is 2.31. The molecule has 0 bridgehead atoms.